The molecule has 2 aromatic rings. The van der Waals surface area contributed by atoms with Crippen molar-refractivity contribution in [1.29, 1.82) is 0 Å². The largest absolute Gasteiger partial charge is 0.466 e. The number of carbonyl (C=O) groups excluding carboxylic acids is 1. The summed E-state index contributed by atoms with van der Waals surface area (Å²) in [5.41, 5.74) is -0.659. The maximum absolute atomic E-state index is 13.7. The van der Waals surface area contributed by atoms with Crippen molar-refractivity contribution in [3.63, 3.8) is 0 Å². The summed E-state index contributed by atoms with van der Waals surface area (Å²) in [5.74, 6) is -0.823. The first kappa shape index (κ1) is 14.3. The van der Waals surface area contributed by atoms with Gasteiger partial charge in [-0.15, -0.1) is 0 Å². The van der Waals surface area contributed by atoms with Gasteiger partial charge in [-0.25, -0.2) is 4.39 Å². The van der Waals surface area contributed by atoms with Crippen molar-refractivity contribution in [1.82, 2.24) is 5.32 Å². The van der Waals surface area contributed by atoms with Crippen molar-refractivity contribution >= 4 is 5.91 Å². The van der Waals surface area contributed by atoms with Gasteiger partial charge in [0.15, 0.2) is 0 Å². The molecular formula is C15H16FNO3. The van der Waals surface area contributed by atoms with E-state index in [9.17, 15) is 14.3 Å². The minimum Gasteiger partial charge on any atom is -0.466 e. The van der Waals surface area contributed by atoms with Crippen LogP contribution in [0, 0.1) is 12.7 Å². The summed E-state index contributed by atoms with van der Waals surface area (Å²) in [4.78, 5) is 11.9. The van der Waals surface area contributed by atoms with Gasteiger partial charge in [-0.1, -0.05) is 6.07 Å². The van der Waals surface area contributed by atoms with Crippen LogP contribution in [0.5, 0.6) is 0 Å². The summed E-state index contributed by atoms with van der Waals surface area (Å²) in [7, 11) is 0. The van der Waals surface area contributed by atoms with Crippen LogP contribution in [0.15, 0.2) is 41.0 Å². The summed E-state index contributed by atoms with van der Waals surface area (Å²) in [5, 5.41) is 12.7. The number of halogens is 1. The molecule has 0 bridgehead atoms. The lowest BCUT2D eigenvalue weighted by molar-refractivity contribution is 0.0329. The van der Waals surface area contributed by atoms with Crippen LogP contribution in [0.4, 0.5) is 4.39 Å². The zero-order chi connectivity index (χ0) is 14.8. The number of aliphatic hydroxyl groups is 1. The van der Waals surface area contributed by atoms with Crippen molar-refractivity contribution in [3.05, 3.63) is 59.3 Å². The topological polar surface area (TPSA) is 62.5 Å². The molecule has 1 atom stereocenters. The number of nitrogens with one attached hydrogen (secondary N) is 1. The SMILES string of the molecule is Cc1ccc(C(=O)NCC(C)(O)c2ccco2)c(F)c1. The zero-order valence-electron chi connectivity index (χ0n) is 11.3. The average molecular weight is 277 g/mol. The third kappa shape index (κ3) is 3.05. The van der Waals surface area contributed by atoms with Crippen LogP contribution in [0.3, 0.4) is 0 Å². The molecule has 1 amide bonds. The molecule has 0 aliphatic rings. The number of furan rings is 1. The molecule has 0 saturated heterocycles. The summed E-state index contributed by atoms with van der Waals surface area (Å²) in [6.07, 6.45) is 1.44. The molecule has 0 spiro atoms. The number of benzene rings is 1. The second-order valence-electron chi connectivity index (χ2n) is 4.92. The molecule has 106 valence electrons. The predicted octanol–water partition coefficient (Wildman–Crippen LogP) is 2.36. The molecular weight excluding hydrogens is 261 g/mol. The molecule has 1 unspecified atom stereocenters. The van der Waals surface area contributed by atoms with Gasteiger partial charge in [0, 0.05) is 0 Å². The molecule has 0 radical (unpaired) electrons. The Kier molecular flexibility index (Phi) is 3.90. The highest BCUT2D eigenvalue weighted by Gasteiger charge is 2.27. The fraction of sp³-hybridized carbons (Fsp3) is 0.267. The van der Waals surface area contributed by atoms with Crippen molar-refractivity contribution < 1.29 is 18.7 Å². The summed E-state index contributed by atoms with van der Waals surface area (Å²) in [6.45, 7) is 3.18. The van der Waals surface area contributed by atoms with Gasteiger partial charge >= 0.3 is 0 Å². The lowest BCUT2D eigenvalue weighted by Gasteiger charge is -2.21. The standard InChI is InChI=1S/C15H16FNO3/c1-10-5-6-11(12(16)8-10)14(18)17-9-15(2,19)13-4-3-7-20-13/h3-8,19H,9H2,1-2H3,(H,17,18). The molecule has 0 fully saturated rings. The first-order valence-corrected chi connectivity index (χ1v) is 6.21. The molecule has 2 N–H and O–H groups in total. The lowest BCUT2D eigenvalue weighted by atomic mass is 10.0. The Morgan fingerprint density at radius 2 is 2.20 bits per heavy atom. The second-order valence-corrected chi connectivity index (χ2v) is 4.92. The van der Waals surface area contributed by atoms with E-state index in [0.29, 0.717) is 5.76 Å². The van der Waals surface area contributed by atoms with Crippen LogP contribution >= 0.6 is 0 Å². The molecule has 0 aliphatic carbocycles. The van der Waals surface area contributed by atoms with E-state index in [2.05, 4.69) is 5.32 Å². The van der Waals surface area contributed by atoms with E-state index in [-0.39, 0.29) is 12.1 Å². The Bertz CT molecular complexity index is 606. The summed E-state index contributed by atoms with van der Waals surface area (Å²) < 4.78 is 18.8. The zero-order valence-corrected chi connectivity index (χ0v) is 11.3. The number of hydrogen-bond donors (Lipinski definition) is 2. The maximum atomic E-state index is 13.7. The van der Waals surface area contributed by atoms with Crippen molar-refractivity contribution in [2.45, 2.75) is 19.4 Å². The van der Waals surface area contributed by atoms with Gasteiger partial charge in [-0.3, -0.25) is 4.79 Å². The van der Waals surface area contributed by atoms with Gasteiger partial charge in [0.2, 0.25) is 0 Å². The molecule has 2 rings (SSSR count). The van der Waals surface area contributed by atoms with E-state index in [1.807, 2.05) is 0 Å². The van der Waals surface area contributed by atoms with Gasteiger partial charge < -0.3 is 14.8 Å². The Hall–Kier alpha value is -2.14. The first-order chi connectivity index (χ1) is 9.40. The molecule has 1 aromatic carbocycles. The quantitative estimate of drug-likeness (QED) is 0.901. The maximum Gasteiger partial charge on any atom is 0.254 e. The van der Waals surface area contributed by atoms with Gasteiger partial charge in [0.25, 0.3) is 5.91 Å². The fourth-order valence-electron chi connectivity index (χ4n) is 1.82. The minimum absolute atomic E-state index is 0.0501. The van der Waals surface area contributed by atoms with Crippen molar-refractivity contribution in [3.8, 4) is 0 Å². The van der Waals surface area contributed by atoms with Crippen LogP contribution in [0.25, 0.3) is 0 Å². The van der Waals surface area contributed by atoms with Crippen LogP contribution in [0.1, 0.15) is 28.6 Å². The molecule has 1 aromatic heterocycles. The average Bonchev–Trinajstić information content (AvgIpc) is 2.90. The minimum atomic E-state index is -1.35. The van der Waals surface area contributed by atoms with Gasteiger partial charge in [0.1, 0.15) is 17.2 Å². The second kappa shape index (κ2) is 5.46. The van der Waals surface area contributed by atoms with E-state index < -0.39 is 17.3 Å². The molecule has 0 aliphatic heterocycles. The molecule has 5 heteroatoms. The predicted molar refractivity (Wildman–Crippen MR) is 71.7 cm³/mol. The van der Waals surface area contributed by atoms with Gasteiger partial charge in [-0.05, 0) is 43.7 Å². The Labute approximate surface area is 116 Å². The number of carbonyl (C=O) groups is 1. The van der Waals surface area contributed by atoms with Crippen LogP contribution in [0.2, 0.25) is 0 Å². The molecule has 4 nitrogen and oxygen atoms in total. The van der Waals surface area contributed by atoms with E-state index in [0.717, 1.165) is 5.56 Å². The number of hydrogen-bond acceptors (Lipinski definition) is 3. The van der Waals surface area contributed by atoms with Crippen LogP contribution < -0.4 is 5.32 Å². The molecule has 1 heterocycles. The Morgan fingerprint density at radius 1 is 1.45 bits per heavy atom. The number of aryl methyl sites for hydroxylation is 1. The Morgan fingerprint density at radius 3 is 2.80 bits per heavy atom. The third-order valence-corrected chi connectivity index (χ3v) is 3.01. The van der Waals surface area contributed by atoms with Crippen molar-refractivity contribution in [2.24, 2.45) is 0 Å². The van der Waals surface area contributed by atoms with Gasteiger partial charge in [-0.2, -0.15) is 0 Å². The highest BCUT2D eigenvalue weighted by atomic mass is 19.1. The van der Waals surface area contributed by atoms with Crippen LogP contribution in [-0.2, 0) is 5.60 Å². The molecule has 0 saturated carbocycles. The smallest absolute Gasteiger partial charge is 0.254 e. The van der Waals surface area contributed by atoms with Crippen molar-refractivity contribution in [2.75, 3.05) is 6.54 Å². The number of rotatable bonds is 4. The lowest BCUT2D eigenvalue weighted by Crippen LogP contribution is -2.38. The van der Waals surface area contributed by atoms with E-state index in [4.69, 9.17) is 4.42 Å². The first-order valence-electron chi connectivity index (χ1n) is 6.21. The monoisotopic (exact) mass is 277 g/mol. The molecule has 20 heavy (non-hydrogen) atoms. The summed E-state index contributed by atoms with van der Waals surface area (Å²) in [6, 6.07) is 7.62. The van der Waals surface area contributed by atoms with E-state index in [1.54, 1.807) is 25.1 Å². The fourth-order valence-corrected chi connectivity index (χ4v) is 1.82. The third-order valence-electron chi connectivity index (χ3n) is 3.01. The normalized spacial score (nSPS) is 13.8. The number of amides is 1. The summed E-state index contributed by atoms with van der Waals surface area (Å²) >= 11 is 0. The van der Waals surface area contributed by atoms with Crippen LogP contribution in [-0.4, -0.2) is 17.6 Å². The van der Waals surface area contributed by atoms with Gasteiger partial charge in [0.05, 0.1) is 18.4 Å². The van der Waals surface area contributed by atoms with E-state index >= 15 is 0 Å². The highest BCUT2D eigenvalue weighted by Crippen LogP contribution is 2.20. The highest BCUT2D eigenvalue weighted by molar-refractivity contribution is 5.94. The van der Waals surface area contributed by atoms with E-state index in [1.165, 1.54) is 25.3 Å². The Balaban J connectivity index is 2.05.